The maximum Gasteiger partial charge on any atom is 0.237 e. The minimum Gasteiger partial charge on any atom is -0.342 e. The fraction of sp³-hybridized carbons (Fsp3) is 0.920. The van der Waals surface area contributed by atoms with Gasteiger partial charge in [0.25, 0.3) is 0 Å². The Bertz CT molecular complexity index is 886. The summed E-state index contributed by atoms with van der Waals surface area (Å²) in [6, 6.07) is 1.55. The van der Waals surface area contributed by atoms with E-state index in [1.807, 2.05) is 27.7 Å². The molecule has 0 aliphatic carbocycles. The number of nitriles is 1. The molecule has 5 aliphatic rings. The van der Waals surface area contributed by atoms with Crippen LogP contribution in [0.25, 0.3) is 0 Å². The third-order valence-corrected chi connectivity index (χ3v) is 7.78. The van der Waals surface area contributed by atoms with E-state index in [-0.39, 0.29) is 55.9 Å². The average molecular weight is 511 g/mol. The molecule has 0 spiro atoms. The van der Waals surface area contributed by atoms with Crippen molar-refractivity contribution < 1.29 is 32.9 Å². The van der Waals surface area contributed by atoms with Gasteiger partial charge in [-0.25, -0.2) is 4.39 Å². The van der Waals surface area contributed by atoms with Crippen LogP contribution in [0.3, 0.4) is 0 Å². The Morgan fingerprint density at radius 1 is 1.03 bits per heavy atom. The van der Waals surface area contributed by atoms with E-state index in [2.05, 4.69) is 16.3 Å². The SMILES string of the molecule is CC1(C)O[C@H]2[C@@H](O1)[C@@H](CN1CCC(NCC(=O)N3C[C@@](C)(F)C[C@H]3C#N)CC1)O[C@H]1OC(C)(C)O[C@@H]12. The molecule has 5 rings (SSSR count). The van der Waals surface area contributed by atoms with Crippen molar-refractivity contribution in [3.8, 4) is 6.07 Å². The van der Waals surface area contributed by atoms with Crippen molar-refractivity contribution in [2.75, 3.05) is 32.7 Å². The zero-order chi connectivity index (χ0) is 25.9. The van der Waals surface area contributed by atoms with Gasteiger partial charge < -0.3 is 38.8 Å². The van der Waals surface area contributed by atoms with Crippen molar-refractivity contribution in [2.24, 2.45) is 0 Å². The summed E-state index contributed by atoms with van der Waals surface area (Å²) in [5.74, 6) is -1.67. The van der Waals surface area contributed by atoms with Crippen molar-refractivity contribution >= 4 is 5.91 Å². The van der Waals surface area contributed by atoms with Crippen LogP contribution in [0.2, 0.25) is 0 Å². The molecule has 5 saturated heterocycles. The topological polar surface area (TPSA) is 106 Å². The Balaban J connectivity index is 1.11. The molecule has 0 radical (unpaired) electrons. The quantitative estimate of drug-likeness (QED) is 0.586. The molecule has 10 nitrogen and oxygen atoms in total. The molecular weight excluding hydrogens is 471 g/mol. The molecule has 0 bridgehead atoms. The van der Waals surface area contributed by atoms with Crippen molar-refractivity contribution in [1.82, 2.24) is 15.1 Å². The lowest BCUT2D eigenvalue weighted by molar-refractivity contribution is -0.237. The third-order valence-electron chi connectivity index (χ3n) is 7.78. The zero-order valence-electron chi connectivity index (χ0n) is 21.9. The first-order chi connectivity index (χ1) is 16.8. The molecule has 0 aromatic rings. The van der Waals surface area contributed by atoms with Gasteiger partial charge in [0, 0.05) is 19.0 Å². The molecule has 1 amide bonds. The van der Waals surface area contributed by atoms with Gasteiger partial charge in [0.2, 0.25) is 5.91 Å². The number of likely N-dealkylation sites (tertiary alicyclic amines) is 2. The molecule has 0 aromatic carbocycles. The van der Waals surface area contributed by atoms with Crippen LogP contribution in [0.15, 0.2) is 0 Å². The van der Waals surface area contributed by atoms with Gasteiger partial charge in [-0.1, -0.05) is 0 Å². The van der Waals surface area contributed by atoms with E-state index in [1.54, 1.807) is 0 Å². The maximum absolute atomic E-state index is 14.3. The number of hydrogen-bond acceptors (Lipinski definition) is 9. The van der Waals surface area contributed by atoms with E-state index < -0.39 is 29.6 Å². The number of carbonyl (C=O) groups is 1. The van der Waals surface area contributed by atoms with Gasteiger partial charge in [-0.2, -0.15) is 5.26 Å². The summed E-state index contributed by atoms with van der Waals surface area (Å²) in [4.78, 5) is 16.4. The first kappa shape index (κ1) is 26.2. The van der Waals surface area contributed by atoms with Crippen molar-refractivity contribution in [3.63, 3.8) is 0 Å². The Hall–Kier alpha value is -1.39. The molecule has 0 saturated carbocycles. The van der Waals surface area contributed by atoms with Crippen LogP contribution in [-0.2, 0) is 28.5 Å². The Morgan fingerprint density at radius 3 is 2.36 bits per heavy atom. The van der Waals surface area contributed by atoms with Crippen LogP contribution in [0.5, 0.6) is 0 Å². The first-order valence-corrected chi connectivity index (χ1v) is 13.1. The van der Waals surface area contributed by atoms with E-state index in [1.165, 1.54) is 11.8 Å². The highest BCUT2D eigenvalue weighted by Crippen LogP contribution is 2.44. The van der Waals surface area contributed by atoms with Crippen molar-refractivity contribution in [1.29, 1.82) is 5.26 Å². The highest BCUT2D eigenvalue weighted by Gasteiger charge is 2.60. The number of carbonyl (C=O) groups excluding carboxylic acids is 1. The fourth-order valence-corrected chi connectivity index (χ4v) is 6.17. The van der Waals surface area contributed by atoms with Gasteiger partial charge in [-0.05, 0) is 60.5 Å². The second-order valence-electron chi connectivity index (χ2n) is 11.9. The van der Waals surface area contributed by atoms with Gasteiger partial charge in [-0.15, -0.1) is 0 Å². The lowest BCUT2D eigenvalue weighted by atomic mass is 9.97. The van der Waals surface area contributed by atoms with Crippen LogP contribution in [0.4, 0.5) is 4.39 Å². The molecule has 5 aliphatic heterocycles. The molecule has 5 fully saturated rings. The maximum atomic E-state index is 14.3. The molecule has 0 unspecified atom stereocenters. The Labute approximate surface area is 212 Å². The first-order valence-electron chi connectivity index (χ1n) is 13.1. The van der Waals surface area contributed by atoms with E-state index in [0.717, 1.165) is 25.9 Å². The van der Waals surface area contributed by atoms with Gasteiger partial charge >= 0.3 is 0 Å². The molecule has 5 heterocycles. The molecule has 202 valence electrons. The Morgan fingerprint density at radius 2 is 1.67 bits per heavy atom. The van der Waals surface area contributed by atoms with E-state index in [9.17, 15) is 14.4 Å². The van der Waals surface area contributed by atoms with Crippen LogP contribution < -0.4 is 5.32 Å². The number of alkyl halides is 1. The number of fused-ring (bicyclic) bond motifs is 3. The predicted octanol–water partition coefficient (Wildman–Crippen LogP) is 1.29. The normalized spacial score (nSPS) is 42.2. The van der Waals surface area contributed by atoms with Gasteiger partial charge in [0.05, 0.1) is 19.2 Å². The third kappa shape index (κ3) is 5.41. The van der Waals surface area contributed by atoms with Crippen LogP contribution in [-0.4, -0.2) is 108 Å². The number of nitrogens with zero attached hydrogens (tertiary/aromatic N) is 3. The molecule has 7 atom stereocenters. The highest BCUT2D eigenvalue weighted by molar-refractivity contribution is 5.79. The monoisotopic (exact) mass is 510 g/mol. The summed E-state index contributed by atoms with van der Waals surface area (Å²) in [6.07, 6.45) is 0.267. The minimum absolute atomic E-state index is 0.0237. The zero-order valence-corrected chi connectivity index (χ0v) is 21.9. The van der Waals surface area contributed by atoms with Crippen LogP contribution >= 0.6 is 0 Å². The molecule has 36 heavy (non-hydrogen) atoms. The van der Waals surface area contributed by atoms with E-state index in [0.29, 0.717) is 6.54 Å². The van der Waals surface area contributed by atoms with E-state index in [4.69, 9.17) is 23.7 Å². The standard InChI is InChI=1S/C25H39FN4O6/c1-23(2)33-19-17(32-22-21(20(19)34-23)35-24(3,4)36-22)13-29-8-6-15(7-9-29)28-12-18(31)30-14-25(5,26)10-16(30)11-27/h15-17,19-22,28H,6-10,12-14H2,1-5H3/t16-,17+,19-,20-,21+,22-,25-/m0/s1. The minimum atomic E-state index is -1.50. The van der Waals surface area contributed by atoms with Crippen molar-refractivity contribution in [2.45, 2.75) is 114 Å². The number of amides is 1. The lowest BCUT2D eigenvalue weighted by Gasteiger charge is -2.41. The summed E-state index contributed by atoms with van der Waals surface area (Å²) in [7, 11) is 0. The summed E-state index contributed by atoms with van der Waals surface area (Å²) >= 11 is 0. The number of rotatable bonds is 5. The summed E-state index contributed by atoms with van der Waals surface area (Å²) < 4.78 is 45.2. The number of nitrogens with one attached hydrogen (secondary N) is 1. The highest BCUT2D eigenvalue weighted by atomic mass is 19.1. The van der Waals surface area contributed by atoms with Gasteiger partial charge in [-0.3, -0.25) is 4.79 Å². The second-order valence-corrected chi connectivity index (χ2v) is 11.9. The average Bonchev–Trinajstić information content (AvgIpc) is 3.41. The predicted molar refractivity (Wildman–Crippen MR) is 125 cm³/mol. The number of hydrogen-bond donors (Lipinski definition) is 1. The molecule has 11 heteroatoms. The molecular formula is C25H39FN4O6. The number of halogens is 1. The van der Waals surface area contributed by atoms with Crippen molar-refractivity contribution in [3.05, 3.63) is 0 Å². The summed E-state index contributed by atoms with van der Waals surface area (Å²) in [6.45, 7) is 11.5. The molecule has 0 aromatic heterocycles. The Kier molecular flexibility index (Phi) is 6.86. The van der Waals surface area contributed by atoms with Crippen LogP contribution in [0.1, 0.15) is 53.9 Å². The molecule has 1 N–H and O–H groups in total. The van der Waals surface area contributed by atoms with E-state index >= 15 is 0 Å². The second kappa shape index (κ2) is 9.42. The van der Waals surface area contributed by atoms with Gasteiger partial charge in [0.1, 0.15) is 36.1 Å². The lowest BCUT2D eigenvalue weighted by Crippen LogP contribution is -2.58. The number of piperidine rings is 1. The van der Waals surface area contributed by atoms with Crippen LogP contribution in [0, 0.1) is 11.3 Å². The number of ether oxygens (including phenoxy) is 5. The summed E-state index contributed by atoms with van der Waals surface area (Å²) in [5.41, 5.74) is -1.50. The largest absolute Gasteiger partial charge is 0.342 e. The summed E-state index contributed by atoms with van der Waals surface area (Å²) in [5, 5.41) is 12.6. The fourth-order valence-electron chi connectivity index (χ4n) is 6.17. The van der Waals surface area contributed by atoms with Gasteiger partial charge in [0.15, 0.2) is 17.9 Å². The smallest absolute Gasteiger partial charge is 0.237 e.